The van der Waals surface area contributed by atoms with E-state index in [-0.39, 0.29) is 5.69 Å². The van der Waals surface area contributed by atoms with Gasteiger partial charge in [0.1, 0.15) is 5.82 Å². The molecule has 0 amide bonds. The zero-order valence-electron chi connectivity index (χ0n) is 15.5. The number of anilines is 3. The Morgan fingerprint density at radius 1 is 1.04 bits per heavy atom. The first-order chi connectivity index (χ1) is 13.3. The molecule has 8 heteroatoms. The zero-order valence-corrected chi connectivity index (χ0v) is 15.5. The van der Waals surface area contributed by atoms with Gasteiger partial charge >= 0.3 is 6.18 Å². The average molecular weight is 387 g/mol. The third-order valence-corrected chi connectivity index (χ3v) is 4.16. The van der Waals surface area contributed by atoms with Gasteiger partial charge in [0.05, 0.1) is 11.3 Å². The molecule has 0 spiro atoms. The van der Waals surface area contributed by atoms with Gasteiger partial charge in [-0.1, -0.05) is 12.1 Å². The number of nitrogens with zero attached hydrogens (tertiary/aromatic N) is 4. The molecule has 0 aliphatic heterocycles. The lowest BCUT2D eigenvalue weighted by Crippen LogP contribution is -2.23. The molecule has 0 atom stereocenters. The van der Waals surface area contributed by atoms with Crippen LogP contribution in [0.1, 0.15) is 16.8 Å². The lowest BCUT2D eigenvalue weighted by molar-refractivity contribution is -0.136. The predicted octanol–water partition coefficient (Wildman–Crippen LogP) is 4.62. The largest absolute Gasteiger partial charge is 0.418 e. The summed E-state index contributed by atoms with van der Waals surface area (Å²) >= 11 is 0. The molecule has 0 saturated carbocycles. The number of nitrogens with one attached hydrogen (secondary N) is 1. The fourth-order valence-corrected chi connectivity index (χ4v) is 2.71. The summed E-state index contributed by atoms with van der Waals surface area (Å²) in [7, 11) is 1.85. The maximum absolute atomic E-state index is 13.2. The molecule has 146 valence electrons. The third kappa shape index (κ3) is 4.97. The molecule has 0 bridgehead atoms. The van der Waals surface area contributed by atoms with Gasteiger partial charge in [0.15, 0.2) is 0 Å². The molecule has 0 aliphatic rings. The summed E-state index contributed by atoms with van der Waals surface area (Å²) < 4.78 is 39.6. The van der Waals surface area contributed by atoms with E-state index in [2.05, 4.69) is 20.3 Å². The Labute approximate surface area is 161 Å². The second-order valence-corrected chi connectivity index (χ2v) is 6.39. The number of para-hydroxylation sites is 1. The summed E-state index contributed by atoms with van der Waals surface area (Å²) in [5, 5.41) is 2.78. The molecule has 0 fully saturated rings. The van der Waals surface area contributed by atoms with Crippen molar-refractivity contribution in [3.63, 3.8) is 0 Å². The van der Waals surface area contributed by atoms with Crippen molar-refractivity contribution in [2.24, 2.45) is 0 Å². The van der Waals surface area contributed by atoms with E-state index in [0.717, 1.165) is 18.1 Å². The van der Waals surface area contributed by atoms with E-state index >= 15 is 0 Å². The van der Waals surface area contributed by atoms with Crippen molar-refractivity contribution >= 4 is 17.5 Å². The summed E-state index contributed by atoms with van der Waals surface area (Å²) in [6, 6.07) is 10.8. The lowest BCUT2D eigenvalue weighted by atomic mass is 10.1. The monoisotopic (exact) mass is 387 g/mol. The Hall–Kier alpha value is -3.16. The Bertz CT molecular complexity index is 929. The van der Waals surface area contributed by atoms with E-state index < -0.39 is 11.7 Å². The van der Waals surface area contributed by atoms with Crippen molar-refractivity contribution in [3.05, 3.63) is 71.7 Å². The minimum absolute atomic E-state index is 0.0431. The zero-order chi connectivity index (χ0) is 20.1. The fraction of sp³-hybridized carbons (Fsp3) is 0.250. The first kappa shape index (κ1) is 19.6. The van der Waals surface area contributed by atoms with Crippen LogP contribution in [0.4, 0.5) is 30.6 Å². The lowest BCUT2D eigenvalue weighted by Gasteiger charge is -2.19. The number of pyridine rings is 1. The number of aryl methyl sites for hydroxylation is 1. The average Bonchev–Trinajstić information content (AvgIpc) is 2.66. The van der Waals surface area contributed by atoms with Crippen molar-refractivity contribution < 1.29 is 13.2 Å². The summed E-state index contributed by atoms with van der Waals surface area (Å²) in [4.78, 5) is 14.6. The van der Waals surface area contributed by atoms with Crippen molar-refractivity contribution in [3.8, 4) is 0 Å². The van der Waals surface area contributed by atoms with E-state index in [1.165, 1.54) is 12.1 Å². The van der Waals surface area contributed by atoms with Crippen LogP contribution in [0.5, 0.6) is 0 Å². The highest BCUT2D eigenvalue weighted by atomic mass is 19.4. The van der Waals surface area contributed by atoms with Crippen LogP contribution in [0.25, 0.3) is 0 Å². The Morgan fingerprint density at radius 3 is 2.46 bits per heavy atom. The van der Waals surface area contributed by atoms with Crippen LogP contribution in [-0.2, 0) is 12.6 Å². The van der Waals surface area contributed by atoms with Crippen LogP contribution >= 0.6 is 0 Å². The summed E-state index contributed by atoms with van der Waals surface area (Å²) in [6.07, 6.45) is -0.205. The predicted molar refractivity (Wildman–Crippen MR) is 103 cm³/mol. The number of aromatic nitrogens is 3. The molecular weight excluding hydrogens is 367 g/mol. The van der Waals surface area contributed by atoms with Crippen molar-refractivity contribution in [1.29, 1.82) is 0 Å². The van der Waals surface area contributed by atoms with Crippen molar-refractivity contribution in [1.82, 2.24) is 15.0 Å². The number of hydrogen-bond donors (Lipinski definition) is 1. The number of rotatable bonds is 6. The van der Waals surface area contributed by atoms with E-state index in [9.17, 15) is 13.2 Å². The molecule has 1 aromatic carbocycles. The second-order valence-electron chi connectivity index (χ2n) is 6.39. The van der Waals surface area contributed by atoms with Gasteiger partial charge < -0.3 is 10.2 Å². The molecule has 3 aromatic rings. The molecule has 0 unspecified atom stereocenters. The fourth-order valence-electron chi connectivity index (χ4n) is 2.71. The summed E-state index contributed by atoms with van der Waals surface area (Å²) in [5.74, 6) is 0.760. The summed E-state index contributed by atoms with van der Waals surface area (Å²) in [6.45, 7) is 2.44. The normalized spacial score (nSPS) is 11.3. The molecule has 5 nitrogen and oxygen atoms in total. The molecule has 1 N–H and O–H groups in total. The first-order valence-corrected chi connectivity index (χ1v) is 8.72. The topological polar surface area (TPSA) is 53.9 Å². The van der Waals surface area contributed by atoms with Gasteiger partial charge in [-0.15, -0.1) is 0 Å². The van der Waals surface area contributed by atoms with Gasteiger partial charge in [-0.3, -0.25) is 4.98 Å². The van der Waals surface area contributed by atoms with Gasteiger partial charge in [0, 0.05) is 37.7 Å². The van der Waals surface area contributed by atoms with E-state index in [0.29, 0.717) is 24.0 Å². The molecule has 3 rings (SSSR count). The van der Waals surface area contributed by atoms with E-state index in [1.807, 2.05) is 24.1 Å². The highest BCUT2D eigenvalue weighted by Gasteiger charge is 2.33. The number of benzene rings is 1. The molecule has 0 saturated heterocycles. The smallest absolute Gasteiger partial charge is 0.343 e. The maximum atomic E-state index is 13.2. The van der Waals surface area contributed by atoms with Crippen LogP contribution < -0.4 is 10.2 Å². The van der Waals surface area contributed by atoms with Gasteiger partial charge in [-0.25, -0.2) is 4.98 Å². The standard InChI is InChI=1S/C20H20F3N5/c1-14-13-18(26-17-6-4-3-5-16(17)20(21,22)23)27-19(25-14)28(2)12-9-15-7-10-24-11-8-15/h3-8,10-11,13H,9,12H2,1-2H3,(H,25,26,27). The highest BCUT2D eigenvalue weighted by molar-refractivity contribution is 5.62. The molecular formula is C20H20F3N5. The Balaban J connectivity index is 1.78. The van der Waals surface area contributed by atoms with Crippen LogP contribution in [-0.4, -0.2) is 28.5 Å². The first-order valence-electron chi connectivity index (χ1n) is 8.72. The van der Waals surface area contributed by atoms with E-state index in [4.69, 9.17) is 0 Å². The number of likely N-dealkylation sites (N-methyl/N-ethyl adjacent to an activating group) is 1. The van der Waals surface area contributed by atoms with E-state index in [1.54, 1.807) is 31.5 Å². The molecule has 0 aliphatic carbocycles. The number of alkyl halides is 3. The van der Waals surface area contributed by atoms with Crippen LogP contribution in [0.2, 0.25) is 0 Å². The van der Waals surface area contributed by atoms with Gasteiger partial charge in [-0.2, -0.15) is 18.2 Å². The molecule has 0 radical (unpaired) electrons. The summed E-state index contributed by atoms with van der Waals surface area (Å²) in [5.41, 5.74) is 1.01. The number of halogens is 3. The SMILES string of the molecule is Cc1cc(Nc2ccccc2C(F)(F)F)nc(N(C)CCc2ccncc2)n1. The van der Waals surface area contributed by atoms with Crippen LogP contribution in [0.15, 0.2) is 54.9 Å². The van der Waals surface area contributed by atoms with Crippen molar-refractivity contribution in [2.75, 3.05) is 23.8 Å². The highest BCUT2D eigenvalue weighted by Crippen LogP contribution is 2.35. The molecule has 2 heterocycles. The van der Waals surface area contributed by atoms with Gasteiger partial charge in [-0.05, 0) is 43.2 Å². The minimum atomic E-state index is -4.45. The quantitative estimate of drug-likeness (QED) is 0.669. The van der Waals surface area contributed by atoms with Crippen molar-refractivity contribution in [2.45, 2.75) is 19.5 Å². The third-order valence-electron chi connectivity index (χ3n) is 4.16. The molecule has 2 aromatic heterocycles. The Morgan fingerprint density at radius 2 is 1.75 bits per heavy atom. The molecule has 28 heavy (non-hydrogen) atoms. The number of hydrogen-bond acceptors (Lipinski definition) is 5. The van der Waals surface area contributed by atoms with Gasteiger partial charge in [0.25, 0.3) is 0 Å². The maximum Gasteiger partial charge on any atom is 0.418 e. The minimum Gasteiger partial charge on any atom is -0.343 e. The van der Waals surface area contributed by atoms with Crippen LogP contribution in [0.3, 0.4) is 0 Å². The van der Waals surface area contributed by atoms with Crippen LogP contribution in [0, 0.1) is 6.92 Å². The van der Waals surface area contributed by atoms with Gasteiger partial charge in [0.2, 0.25) is 5.95 Å². The Kier molecular flexibility index (Phi) is 5.77. The second kappa shape index (κ2) is 8.24.